The number of carbonyl (C=O) groups is 3. The number of allylic oxidation sites excluding steroid dienone is 1. The molecule has 3 saturated heterocycles. The molecule has 3 rings (SSSR count). The van der Waals surface area contributed by atoms with Crippen LogP contribution in [0.4, 0.5) is 0 Å². The minimum absolute atomic E-state index is 0.205. The molecule has 0 aromatic heterocycles. The maximum absolute atomic E-state index is 13.4. The van der Waals surface area contributed by atoms with Crippen LogP contribution in [0, 0.1) is 0 Å². The summed E-state index contributed by atoms with van der Waals surface area (Å²) < 4.78 is 34.7. The first-order valence-corrected chi connectivity index (χ1v) is 35.1. The molecule has 0 aromatic carbocycles. The van der Waals surface area contributed by atoms with Gasteiger partial charge in [0, 0.05) is 19.8 Å². The fourth-order valence-electron chi connectivity index (χ4n) is 12.4. The van der Waals surface area contributed by atoms with Crippen LogP contribution in [-0.2, 0) is 42.8 Å². The Balaban J connectivity index is 1.54. The summed E-state index contributed by atoms with van der Waals surface area (Å²) in [7, 11) is 0. The summed E-state index contributed by atoms with van der Waals surface area (Å²) in [5.41, 5.74) is 0. The number of rotatable bonds is 53. The predicted octanol–water partition coefficient (Wildman–Crippen LogP) is 6.29. The average Bonchev–Trinajstić information content (AvgIpc) is 0.767. The largest absolute Gasteiger partial charge is 0.477 e. The van der Waals surface area contributed by atoms with E-state index in [2.05, 4.69) is 24.5 Å². The van der Waals surface area contributed by atoms with Crippen LogP contribution in [0.2, 0.25) is 0 Å². The number of amides is 2. The second-order valence-corrected chi connectivity index (χ2v) is 25.8. The molecule has 14 N–H and O–H groups in total. The van der Waals surface area contributed by atoms with Crippen molar-refractivity contribution < 1.29 is 104 Å². The highest BCUT2D eigenvalue weighted by atomic mass is 16.8. The van der Waals surface area contributed by atoms with Gasteiger partial charge in [-0.15, -0.1) is 0 Å². The number of aliphatic hydroxyl groups is 11. The normalized spacial score (nSPS) is 28.6. The van der Waals surface area contributed by atoms with Gasteiger partial charge in [-0.25, -0.2) is 4.79 Å². The SMILES string of the molecule is CCCCCCCCCCC/C=C/C(O)C(COC1OC(CO)C(OC2OC(CO)C(O)C(OC3(C(=O)O)CC(O)C(NC(C)=O)C(C(O)C(O)CO)O3)C2O)C(O)C1O)NC(=O)CCCCCCCCCCCCCCCCCCCCCCCCCCC. The lowest BCUT2D eigenvalue weighted by Gasteiger charge is -2.50. The van der Waals surface area contributed by atoms with Crippen molar-refractivity contribution in [2.45, 2.75) is 368 Å². The summed E-state index contributed by atoms with van der Waals surface area (Å²) in [6.07, 6.45) is 17.1. The van der Waals surface area contributed by atoms with E-state index < -0.39 is 155 Å². The molecule has 0 aromatic rings. The minimum atomic E-state index is -3.08. The Labute approximate surface area is 537 Å². The zero-order chi connectivity index (χ0) is 66.1. The number of carboxylic acid groups (broad SMARTS) is 1. The Bertz CT molecular complexity index is 1870. The number of hydrogen-bond donors (Lipinski definition) is 14. The van der Waals surface area contributed by atoms with E-state index in [0.717, 1.165) is 51.9 Å². The first kappa shape index (κ1) is 81.7. The molecule has 528 valence electrons. The van der Waals surface area contributed by atoms with Crippen LogP contribution in [0.5, 0.6) is 0 Å². The third kappa shape index (κ3) is 30.5. The lowest BCUT2D eigenvalue weighted by atomic mass is 9.88. The maximum Gasteiger partial charge on any atom is 0.364 e. The molecule has 0 radical (unpaired) electrons. The number of nitrogens with one attached hydrogen (secondary N) is 2. The van der Waals surface area contributed by atoms with Crippen molar-refractivity contribution in [1.82, 2.24) is 10.6 Å². The van der Waals surface area contributed by atoms with E-state index in [9.17, 15) is 75.7 Å². The van der Waals surface area contributed by atoms with Crippen LogP contribution in [0.25, 0.3) is 0 Å². The summed E-state index contributed by atoms with van der Waals surface area (Å²) in [6, 6.07) is -2.61. The van der Waals surface area contributed by atoms with Crippen molar-refractivity contribution in [3.63, 3.8) is 0 Å². The summed E-state index contributed by atoms with van der Waals surface area (Å²) in [5.74, 6) is -6.14. The number of carbonyl (C=O) groups excluding carboxylic acids is 2. The molecule has 3 heterocycles. The van der Waals surface area contributed by atoms with E-state index in [0.29, 0.717) is 12.8 Å². The fourth-order valence-corrected chi connectivity index (χ4v) is 12.4. The van der Waals surface area contributed by atoms with Crippen molar-refractivity contribution in [2.24, 2.45) is 0 Å². The van der Waals surface area contributed by atoms with E-state index in [4.69, 9.17) is 28.4 Å². The van der Waals surface area contributed by atoms with Gasteiger partial charge in [0.2, 0.25) is 11.8 Å². The van der Waals surface area contributed by atoms with Gasteiger partial charge in [-0.3, -0.25) is 9.59 Å². The number of hydrogen-bond acceptors (Lipinski definition) is 20. The lowest BCUT2D eigenvalue weighted by Crippen LogP contribution is -2.70. The van der Waals surface area contributed by atoms with Gasteiger partial charge < -0.3 is 100 Å². The van der Waals surface area contributed by atoms with E-state index >= 15 is 0 Å². The summed E-state index contributed by atoms with van der Waals surface area (Å²) in [4.78, 5) is 38.5. The molecule has 0 bridgehead atoms. The second-order valence-electron chi connectivity index (χ2n) is 25.8. The van der Waals surface area contributed by atoms with Crippen LogP contribution in [-0.4, -0.2) is 215 Å². The number of unbranched alkanes of at least 4 members (excludes halogenated alkanes) is 33. The molecular formula is C67H124N2O21. The standard InChI is InChI=1S/C67H124N2O21/c1-4-6-8-10-12-14-16-17-18-19-20-21-22-23-24-25-26-27-28-29-31-33-35-37-39-41-54(77)69-48(49(74)40-38-36-34-32-30-15-13-11-9-7-5-2)46-85-64-59(81)58(80)61(53(45-72)87-64)88-65-60(82)63(57(79)52(44-71)86-65)90-67(66(83)84)42-50(75)55(68-47(3)73)62(89-67)56(78)51(76)43-70/h38,40,48-53,55-65,70-72,74-76,78-82H,4-37,39,41-46H2,1-3H3,(H,68,73)(H,69,77)(H,83,84)/b40-38+. The maximum atomic E-state index is 13.4. The second kappa shape index (κ2) is 48.2. The van der Waals surface area contributed by atoms with E-state index in [1.807, 2.05) is 6.08 Å². The minimum Gasteiger partial charge on any atom is -0.477 e. The molecule has 0 spiro atoms. The zero-order valence-corrected chi connectivity index (χ0v) is 55.0. The highest BCUT2D eigenvalue weighted by molar-refractivity contribution is 5.77. The zero-order valence-electron chi connectivity index (χ0n) is 55.0. The predicted molar refractivity (Wildman–Crippen MR) is 338 cm³/mol. The molecule has 18 atom stereocenters. The average molecular weight is 1290 g/mol. The van der Waals surface area contributed by atoms with Gasteiger partial charge in [0.1, 0.15) is 67.1 Å². The summed E-state index contributed by atoms with van der Waals surface area (Å²) in [5, 5.41) is 136. The molecule has 18 unspecified atom stereocenters. The third-order valence-corrected chi connectivity index (χ3v) is 18.0. The van der Waals surface area contributed by atoms with Crippen LogP contribution in [0.3, 0.4) is 0 Å². The Morgan fingerprint density at radius 3 is 1.48 bits per heavy atom. The Morgan fingerprint density at radius 2 is 1.03 bits per heavy atom. The van der Waals surface area contributed by atoms with Crippen molar-refractivity contribution >= 4 is 17.8 Å². The molecule has 2 amide bonds. The topological polar surface area (TPSA) is 373 Å². The molecule has 90 heavy (non-hydrogen) atoms. The number of carboxylic acids is 1. The van der Waals surface area contributed by atoms with Crippen molar-refractivity contribution in [1.29, 1.82) is 0 Å². The lowest BCUT2D eigenvalue weighted by molar-refractivity contribution is -0.386. The first-order chi connectivity index (χ1) is 43.4. The number of ether oxygens (including phenoxy) is 6. The molecule has 0 saturated carbocycles. The van der Waals surface area contributed by atoms with Gasteiger partial charge in [-0.05, 0) is 19.3 Å². The van der Waals surface area contributed by atoms with Crippen molar-refractivity contribution in [2.75, 3.05) is 26.4 Å². The van der Waals surface area contributed by atoms with Crippen LogP contribution in [0.15, 0.2) is 12.2 Å². The number of aliphatic carboxylic acids is 1. The van der Waals surface area contributed by atoms with Gasteiger partial charge in [0.15, 0.2) is 12.6 Å². The van der Waals surface area contributed by atoms with Gasteiger partial charge in [-0.1, -0.05) is 231 Å². The molecule has 3 aliphatic rings. The molecule has 0 aliphatic carbocycles. The fraction of sp³-hybridized carbons (Fsp3) is 0.925. The van der Waals surface area contributed by atoms with Crippen LogP contribution < -0.4 is 10.6 Å². The van der Waals surface area contributed by atoms with E-state index in [1.54, 1.807) is 6.08 Å². The Morgan fingerprint density at radius 1 is 0.578 bits per heavy atom. The molecule has 23 heteroatoms. The molecule has 3 fully saturated rings. The van der Waals surface area contributed by atoms with Gasteiger partial charge >= 0.3 is 5.97 Å². The highest BCUT2D eigenvalue weighted by Gasteiger charge is 2.60. The highest BCUT2D eigenvalue weighted by Crippen LogP contribution is 2.39. The van der Waals surface area contributed by atoms with E-state index in [-0.39, 0.29) is 12.3 Å². The van der Waals surface area contributed by atoms with Crippen molar-refractivity contribution in [3.05, 3.63) is 12.2 Å². The molecule has 23 nitrogen and oxygen atoms in total. The third-order valence-electron chi connectivity index (χ3n) is 18.0. The summed E-state index contributed by atoms with van der Waals surface area (Å²) in [6.45, 7) is 2.13. The quantitative estimate of drug-likeness (QED) is 0.0235. The number of aliphatic hydroxyl groups excluding tert-OH is 11. The van der Waals surface area contributed by atoms with E-state index in [1.165, 1.54) is 167 Å². The smallest absolute Gasteiger partial charge is 0.364 e. The van der Waals surface area contributed by atoms with Crippen LogP contribution >= 0.6 is 0 Å². The monoisotopic (exact) mass is 1290 g/mol. The summed E-state index contributed by atoms with van der Waals surface area (Å²) >= 11 is 0. The van der Waals surface area contributed by atoms with Crippen LogP contribution in [0.1, 0.15) is 258 Å². The Kier molecular flexibility index (Phi) is 43.8. The van der Waals surface area contributed by atoms with Crippen molar-refractivity contribution in [3.8, 4) is 0 Å². The Hall–Kier alpha value is -2.53. The van der Waals surface area contributed by atoms with Gasteiger partial charge in [0.05, 0.1) is 50.7 Å². The van der Waals surface area contributed by atoms with Gasteiger partial charge in [-0.2, -0.15) is 0 Å². The molecule has 3 aliphatic heterocycles. The molecular weight excluding hydrogens is 1170 g/mol. The first-order valence-electron chi connectivity index (χ1n) is 35.1. The van der Waals surface area contributed by atoms with Gasteiger partial charge in [0.25, 0.3) is 5.79 Å².